The van der Waals surface area contributed by atoms with Crippen LogP contribution < -0.4 is 0 Å². The van der Waals surface area contributed by atoms with E-state index in [0.29, 0.717) is 11.5 Å². The van der Waals surface area contributed by atoms with Crippen molar-refractivity contribution in [2.45, 2.75) is 57.7 Å². The van der Waals surface area contributed by atoms with Gasteiger partial charge in [-0.05, 0) is 66.5 Å². The molecular formula is C31H26F6O. The predicted molar refractivity (Wildman–Crippen MR) is 135 cm³/mol. The van der Waals surface area contributed by atoms with Crippen molar-refractivity contribution in [1.29, 1.82) is 0 Å². The number of rotatable bonds is 5. The molecule has 4 rings (SSSR count). The molecule has 7 heteroatoms. The molecule has 2 unspecified atom stereocenters. The fraction of sp³-hybridized carbons (Fsp3) is 0.355. The zero-order valence-corrected chi connectivity index (χ0v) is 20.8. The van der Waals surface area contributed by atoms with Crippen LogP contribution in [-0.4, -0.2) is 12.8 Å². The van der Waals surface area contributed by atoms with Gasteiger partial charge in [-0.15, -0.1) is 0 Å². The third kappa shape index (κ3) is 6.91. The maximum Gasteiger partial charge on any atom is 0.458 e. The number of hydrogen-bond donors (Lipinski definition) is 0. The molecule has 1 saturated heterocycles. The SMILES string of the molecule is CCCCCC1CCC(c2ccc(C#Cc3cc(F)c4c(F)c(C#CC(F)(F)F)c(F)cc4c3)cc2)OC1. The normalized spacial score (nSPS) is 17.4. The van der Waals surface area contributed by atoms with Crippen LogP contribution in [0.3, 0.4) is 0 Å². The highest BCUT2D eigenvalue weighted by molar-refractivity contribution is 5.87. The molecule has 0 radical (unpaired) electrons. The van der Waals surface area contributed by atoms with Crippen molar-refractivity contribution < 1.29 is 31.1 Å². The van der Waals surface area contributed by atoms with Crippen molar-refractivity contribution in [2.75, 3.05) is 6.61 Å². The molecule has 38 heavy (non-hydrogen) atoms. The summed E-state index contributed by atoms with van der Waals surface area (Å²) >= 11 is 0. The molecular weight excluding hydrogens is 502 g/mol. The standard InChI is InChI=1S/C31H26F6O/c1-2-3-4-5-21-10-13-28(38-19-21)23-11-8-20(9-12-23)6-7-22-16-24-18-26(32)25(14-15-31(35,36)37)30(34)29(24)27(33)17-22/h8-9,11-12,16-18,21,28H,2-5,10,13,19H2,1H3. The van der Waals surface area contributed by atoms with E-state index < -0.39 is 34.6 Å². The zero-order valence-electron chi connectivity index (χ0n) is 20.8. The van der Waals surface area contributed by atoms with E-state index in [-0.39, 0.29) is 17.1 Å². The average Bonchev–Trinajstić information content (AvgIpc) is 2.87. The van der Waals surface area contributed by atoms with Gasteiger partial charge < -0.3 is 4.74 Å². The van der Waals surface area contributed by atoms with Gasteiger partial charge in [0.15, 0.2) is 5.82 Å². The fourth-order valence-electron chi connectivity index (χ4n) is 4.64. The van der Waals surface area contributed by atoms with Gasteiger partial charge in [-0.25, -0.2) is 13.2 Å². The Labute approximate surface area is 218 Å². The van der Waals surface area contributed by atoms with Crippen LogP contribution in [0.25, 0.3) is 10.8 Å². The van der Waals surface area contributed by atoms with E-state index in [4.69, 9.17) is 4.74 Å². The van der Waals surface area contributed by atoms with Crippen LogP contribution in [-0.2, 0) is 4.74 Å². The van der Waals surface area contributed by atoms with E-state index in [0.717, 1.165) is 43.1 Å². The number of halogens is 6. The van der Waals surface area contributed by atoms with Gasteiger partial charge in [0.25, 0.3) is 0 Å². The summed E-state index contributed by atoms with van der Waals surface area (Å²) in [4.78, 5) is 0. The van der Waals surface area contributed by atoms with Crippen molar-refractivity contribution in [3.63, 3.8) is 0 Å². The molecule has 1 nitrogen and oxygen atoms in total. The van der Waals surface area contributed by atoms with Gasteiger partial charge in [-0.2, -0.15) is 13.2 Å². The Morgan fingerprint density at radius 2 is 1.61 bits per heavy atom. The molecule has 3 aromatic carbocycles. The lowest BCUT2D eigenvalue weighted by Gasteiger charge is -2.29. The van der Waals surface area contributed by atoms with Crippen LogP contribution >= 0.6 is 0 Å². The third-order valence-electron chi connectivity index (χ3n) is 6.63. The molecule has 0 saturated carbocycles. The first-order chi connectivity index (χ1) is 18.1. The van der Waals surface area contributed by atoms with Crippen molar-refractivity contribution in [1.82, 2.24) is 0 Å². The number of benzene rings is 3. The van der Waals surface area contributed by atoms with Gasteiger partial charge in [-0.3, -0.25) is 0 Å². The first-order valence-corrected chi connectivity index (χ1v) is 12.6. The highest BCUT2D eigenvalue weighted by Gasteiger charge is 2.25. The van der Waals surface area contributed by atoms with Crippen molar-refractivity contribution in [2.24, 2.45) is 5.92 Å². The number of unbranched alkanes of at least 4 members (excludes halogenated alkanes) is 2. The molecule has 1 aliphatic rings. The summed E-state index contributed by atoms with van der Waals surface area (Å²) in [5.74, 6) is 4.65. The first kappa shape index (κ1) is 27.6. The molecule has 0 N–H and O–H groups in total. The lowest BCUT2D eigenvalue weighted by molar-refractivity contribution is -0.0696. The van der Waals surface area contributed by atoms with E-state index in [2.05, 4.69) is 18.8 Å². The van der Waals surface area contributed by atoms with Gasteiger partial charge in [-0.1, -0.05) is 56.1 Å². The molecule has 1 heterocycles. The number of hydrogen-bond acceptors (Lipinski definition) is 1. The summed E-state index contributed by atoms with van der Waals surface area (Å²) in [7, 11) is 0. The summed E-state index contributed by atoms with van der Waals surface area (Å²) < 4.78 is 86.7. The van der Waals surface area contributed by atoms with Crippen LogP contribution in [0.1, 0.15) is 73.8 Å². The third-order valence-corrected chi connectivity index (χ3v) is 6.63. The second-order valence-electron chi connectivity index (χ2n) is 9.48. The Morgan fingerprint density at radius 1 is 0.868 bits per heavy atom. The maximum absolute atomic E-state index is 14.7. The first-order valence-electron chi connectivity index (χ1n) is 12.6. The molecule has 0 spiro atoms. The Bertz CT molecular complexity index is 1410. The Morgan fingerprint density at radius 3 is 2.26 bits per heavy atom. The number of alkyl halides is 3. The van der Waals surface area contributed by atoms with Gasteiger partial charge in [0.1, 0.15) is 11.6 Å². The van der Waals surface area contributed by atoms with Crippen LogP contribution in [0, 0.1) is 47.1 Å². The lowest BCUT2D eigenvalue weighted by atomic mass is 9.91. The monoisotopic (exact) mass is 528 g/mol. The minimum atomic E-state index is -4.94. The van der Waals surface area contributed by atoms with E-state index in [1.54, 1.807) is 0 Å². The second kappa shape index (κ2) is 12.0. The molecule has 3 aromatic rings. The van der Waals surface area contributed by atoms with Gasteiger partial charge in [0, 0.05) is 17.0 Å². The van der Waals surface area contributed by atoms with Gasteiger partial charge in [0.05, 0.1) is 23.7 Å². The van der Waals surface area contributed by atoms with E-state index in [1.807, 2.05) is 24.3 Å². The Kier molecular flexibility index (Phi) is 8.69. The zero-order chi connectivity index (χ0) is 27.3. The van der Waals surface area contributed by atoms with Gasteiger partial charge in [0.2, 0.25) is 0 Å². The predicted octanol–water partition coefficient (Wildman–Crippen LogP) is 8.62. The molecule has 0 aromatic heterocycles. The van der Waals surface area contributed by atoms with E-state index in [9.17, 15) is 26.3 Å². The highest BCUT2D eigenvalue weighted by atomic mass is 19.4. The highest BCUT2D eigenvalue weighted by Crippen LogP contribution is 2.33. The van der Waals surface area contributed by atoms with Crippen molar-refractivity contribution in [3.8, 4) is 23.7 Å². The minimum absolute atomic E-state index is 0.0459. The Hall–Kier alpha value is -3.42. The van der Waals surface area contributed by atoms with Crippen molar-refractivity contribution in [3.05, 3.63) is 82.2 Å². The molecule has 0 aliphatic carbocycles. The van der Waals surface area contributed by atoms with E-state index in [1.165, 1.54) is 37.7 Å². The van der Waals surface area contributed by atoms with Crippen LogP contribution in [0.15, 0.2) is 42.5 Å². The summed E-state index contributed by atoms with van der Waals surface area (Å²) in [6.45, 7) is 2.96. The fourth-order valence-corrected chi connectivity index (χ4v) is 4.64. The summed E-state index contributed by atoms with van der Waals surface area (Å²) in [6.07, 6.45) is 2.12. The molecule has 1 fully saturated rings. The van der Waals surface area contributed by atoms with Gasteiger partial charge >= 0.3 is 6.18 Å². The molecule has 2 atom stereocenters. The number of fused-ring (bicyclic) bond motifs is 1. The Balaban J connectivity index is 1.48. The largest absolute Gasteiger partial charge is 0.458 e. The van der Waals surface area contributed by atoms with Crippen LogP contribution in [0.2, 0.25) is 0 Å². The van der Waals surface area contributed by atoms with E-state index >= 15 is 0 Å². The topological polar surface area (TPSA) is 9.23 Å². The van der Waals surface area contributed by atoms with Crippen LogP contribution in [0.5, 0.6) is 0 Å². The smallest absolute Gasteiger partial charge is 0.373 e. The molecule has 198 valence electrons. The lowest BCUT2D eigenvalue weighted by Crippen LogP contribution is -2.20. The van der Waals surface area contributed by atoms with Crippen LogP contribution in [0.4, 0.5) is 26.3 Å². The summed E-state index contributed by atoms with van der Waals surface area (Å²) in [5.41, 5.74) is 0.755. The summed E-state index contributed by atoms with van der Waals surface area (Å²) in [6, 6.07) is 10.5. The molecule has 1 aliphatic heterocycles. The summed E-state index contributed by atoms with van der Waals surface area (Å²) in [5, 5.41) is -0.812. The molecule has 0 bridgehead atoms. The molecule has 0 amide bonds. The average molecular weight is 529 g/mol. The minimum Gasteiger partial charge on any atom is -0.373 e. The maximum atomic E-state index is 14.7. The van der Waals surface area contributed by atoms with Crippen molar-refractivity contribution >= 4 is 10.8 Å². The number of ether oxygens (including phenoxy) is 1. The second-order valence-corrected chi connectivity index (χ2v) is 9.48. The quantitative estimate of drug-likeness (QED) is 0.183.